The van der Waals surface area contributed by atoms with Crippen molar-refractivity contribution in [2.75, 3.05) is 13.2 Å². The zero-order valence-electron chi connectivity index (χ0n) is 10.6. The molecule has 1 aromatic carbocycles. The van der Waals surface area contributed by atoms with Crippen molar-refractivity contribution in [2.24, 2.45) is 0 Å². The molecule has 0 saturated heterocycles. The first-order chi connectivity index (χ1) is 8.54. The van der Waals surface area contributed by atoms with Crippen molar-refractivity contribution >= 4 is 34.8 Å². The Bertz CT molecular complexity index is 361. The standard InChI is InChI=1S/C13H18Cl3NO/c1-3-9(2)17-5-4-6-18-13-11(15)7-10(14)8-12(13)16/h7-9,17H,3-6H2,1-2H3/t9-/m1/s1. The highest BCUT2D eigenvalue weighted by Gasteiger charge is 2.08. The van der Waals surface area contributed by atoms with E-state index in [-0.39, 0.29) is 0 Å². The van der Waals surface area contributed by atoms with Crippen LogP contribution in [0, 0.1) is 0 Å². The van der Waals surface area contributed by atoms with Crippen molar-refractivity contribution in [3.05, 3.63) is 27.2 Å². The Balaban J connectivity index is 2.36. The molecular weight excluding hydrogens is 293 g/mol. The van der Waals surface area contributed by atoms with Crippen LogP contribution in [0.15, 0.2) is 12.1 Å². The van der Waals surface area contributed by atoms with E-state index in [0.29, 0.717) is 33.5 Å². The lowest BCUT2D eigenvalue weighted by atomic mass is 10.2. The number of halogens is 3. The molecule has 102 valence electrons. The Morgan fingerprint density at radius 1 is 1.22 bits per heavy atom. The first-order valence-corrected chi connectivity index (χ1v) is 7.18. The molecule has 2 nitrogen and oxygen atoms in total. The Morgan fingerprint density at radius 3 is 2.39 bits per heavy atom. The molecule has 0 saturated carbocycles. The van der Waals surface area contributed by atoms with E-state index in [0.717, 1.165) is 19.4 Å². The Kier molecular flexibility index (Phi) is 7.16. The Morgan fingerprint density at radius 2 is 1.83 bits per heavy atom. The molecule has 18 heavy (non-hydrogen) atoms. The third-order valence-electron chi connectivity index (χ3n) is 2.64. The number of hydrogen-bond acceptors (Lipinski definition) is 2. The van der Waals surface area contributed by atoms with Crippen LogP contribution in [0.2, 0.25) is 15.1 Å². The Labute approximate surface area is 124 Å². The van der Waals surface area contributed by atoms with Gasteiger partial charge in [-0.2, -0.15) is 0 Å². The van der Waals surface area contributed by atoms with Crippen LogP contribution < -0.4 is 10.1 Å². The summed E-state index contributed by atoms with van der Waals surface area (Å²) in [6, 6.07) is 3.79. The third-order valence-corrected chi connectivity index (χ3v) is 3.42. The SMILES string of the molecule is CC[C@@H](C)NCCCOc1c(Cl)cc(Cl)cc1Cl. The molecule has 0 aromatic heterocycles. The van der Waals surface area contributed by atoms with Gasteiger partial charge < -0.3 is 10.1 Å². The van der Waals surface area contributed by atoms with Crippen molar-refractivity contribution in [1.82, 2.24) is 5.32 Å². The first kappa shape index (κ1) is 15.9. The lowest BCUT2D eigenvalue weighted by molar-refractivity contribution is 0.305. The zero-order chi connectivity index (χ0) is 13.5. The maximum absolute atomic E-state index is 6.01. The normalized spacial score (nSPS) is 12.5. The number of hydrogen-bond donors (Lipinski definition) is 1. The summed E-state index contributed by atoms with van der Waals surface area (Å²) in [6.07, 6.45) is 2.02. The molecule has 0 bridgehead atoms. The monoisotopic (exact) mass is 309 g/mol. The van der Waals surface area contributed by atoms with Crippen LogP contribution in [0.4, 0.5) is 0 Å². The number of benzene rings is 1. The van der Waals surface area contributed by atoms with Gasteiger partial charge in [0.1, 0.15) is 0 Å². The number of ether oxygens (including phenoxy) is 1. The van der Waals surface area contributed by atoms with E-state index < -0.39 is 0 Å². The van der Waals surface area contributed by atoms with E-state index in [9.17, 15) is 0 Å². The van der Waals surface area contributed by atoms with Crippen molar-refractivity contribution in [3.8, 4) is 5.75 Å². The van der Waals surface area contributed by atoms with Crippen LogP contribution in [-0.4, -0.2) is 19.2 Å². The molecule has 0 fully saturated rings. The summed E-state index contributed by atoms with van der Waals surface area (Å²) in [5.41, 5.74) is 0. The van der Waals surface area contributed by atoms with Gasteiger partial charge in [-0.15, -0.1) is 0 Å². The van der Waals surface area contributed by atoms with Crippen LogP contribution in [0.5, 0.6) is 5.75 Å². The molecule has 1 atom stereocenters. The van der Waals surface area contributed by atoms with Gasteiger partial charge in [-0.05, 0) is 38.4 Å². The van der Waals surface area contributed by atoms with Gasteiger partial charge >= 0.3 is 0 Å². The molecule has 0 aliphatic heterocycles. The fraction of sp³-hybridized carbons (Fsp3) is 0.538. The highest BCUT2D eigenvalue weighted by atomic mass is 35.5. The molecule has 0 spiro atoms. The van der Waals surface area contributed by atoms with Crippen LogP contribution in [0.1, 0.15) is 26.7 Å². The summed E-state index contributed by atoms with van der Waals surface area (Å²) in [6.45, 7) is 5.80. The van der Waals surface area contributed by atoms with Crippen LogP contribution in [-0.2, 0) is 0 Å². The minimum Gasteiger partial charge on any atom is -0.490 e. The van der Waals surface area contributed by atoms with E-state index in [1.54, 1.807) is 12.1 Å². The average Bonchev–Trinajstić information content (AvgIpc) is 2.31. The van der Waals surface area contributed by atoms with Crippen molar-refractivity contribution in [1.29, 1.82) is 0 Å². The van der Waals surface area contributed by atoms with E-state index >= 15 is 0 Å². The second-order valence-electron chi connectivity index (χ2n) is 4.16. The lowest BCUT2D eigenvalue weighted by Crippen LogP contribution is -2.27. The van der Waals surface area contributed by atoms with E-state index in [4.69, 9.17) is 39.5 Å². The largest absolute Gasteiger partial charge is 0.490 e. The summed E-state index contributed by atoms with van der Waals surface area (Å²) in [7, 11) is 0. The van der Waals surface area contributed by atoms with Crippen molar-refractivity contribution in [2.45, 2.75) is 32.7 Å². The number of nitrogens with one attached hydrogen (secondary N) is 1. The van der Waals surface area contributed by atoms with Gasteiger partial charge in [0.25, 0.3) is 0 Å². The second-order valence-corrected chi connectivity index (χ2v) is 5.41. The van der Waals surface area contributed by atoms with Gasteiger partial charge in [0.05, 0.1) is 16.7 Å². The highest BCUT2D eigenvalue weighted by Crippen LogP contribution is 2.35. The lowest BCUT2D eigenvalue weighted by Gasteiger charge is -2.13. The molecule has 1 N–H and O–H groups in total. The predicted molar refractivity (Wildman–Crippen MR) is 79.3 cm³/mol. The summed E-state index contributed by atoms with van der Waals surface area (Å²) in [5.74, 6) is 0.506. The van der Waals surface area contributed by atoms with E-state index in [1.165, 1.54) is 0 Å². The zero-order valence-corrected chi connectivity index (χ0v) is 12.9. The van der Waals surface area contributed by atoms with Gasteiger partial charge in [-0.25, -0.2) is 0 Å². The molecule has 0 aliphatic carbocycles. The second kappa shape index (κ2) is 8.11. The van der Waals surface area contributed by atoms with Crippen LogP contribution >= 0.6 is 34.8 Å². The van der Waals surface area contributed by atoms with E-state index in [1.807, 2.05) is 0 Å². The Hall–Kier alpha value is -0.150. The van der Waals surface area contributed by atoms with Gasteiger partial charge in [0.2, 0.25) is 0 Å². The smallest absolute Gasteiger partial charge is 0.156 e. The van der Waals surface area contributed by atoms with Crippen molar-refractivity contribution in [3.63, 3.8) is 0 Å². The maximum Gasteiger partial charge on any atom is 0.156 e. The van der Waals surface area contributed by atoms with E-state index in [2.05, 4.69) is 19.2 Å². The highest BCUT2D eigenvalue weighted by molar-refractivity contribution is 6.40. The van der Waals surface area contributed by atoms with Crippen LogP contribution in [0.3, 0.4) is 0 Å². The minimum atomic E-state index is 0.447. The molecule has 0 aliphatic rings. The molecule has 0 amide bonds. The topological polar surface area (TPSA) is 21.3 Å². The minimum absolute atomic E-state index is 0.447. The molecule has 0 unspecified atom stereocenters. The fourth-order valence-corrected chi connectivity index (χ4v) is 2.33. The average molecular weight is 311 g/mol. The quantitative estimate of drug-likeness (QED) is 0.730. The van der Waals surface area contributed by atoms with Gasteiger partial charge in [0, 0.05) is 11.1 Å². The summed E-state index contributed by atoms with van der Waals surface area (Å²) >= 11 is 17.8. The molecule has 0 heterocycles. The third kappa shape index (κ3) is 5.23. The van der Waals surface area contributed by atoms with Gasteiger partial charge in [-0.3, -0.25) is 0 Å². The molecule has 0 radical (unpaired) electrons. The molecular formula is C13H18Cl3NO. The predicted octanol–water partition coefficient (Wildman–Crippen LogP) is 4.80. The molecule has 5 heteroatoms. The summed E-state index contributed by atoms with van der Waals surface area (Å²) < 4.78 is 5.58. The number of rotatable bonds is 7. The van der Waals surface area contributed by atoms with Crippen LogP contribution in [0.25, 0.3) is 0 Å². The first-order valence-electron chi connectivity index (χ1n) is 6.05. The van der Waals surface area contributed by atoms with Crippen molar-refractivity contribution < 1.29 is 4.74 Å². The molecule has 1 rings (SSSR count). The van der Waals surface area contributed by atoms with Gasteiger partial charge in [0.15, 0.2) is 5.75 Å². The maximum atomic E-state index is 6.01. The van der Waals surface area contributed by atoms with Gasteiger partial charge in [-0.1, -0.05) is 41.7 Å². The summed E-state index contributed by atoms with van der Waals surface area (Å²) in [5, 5.41) is 4.79. The summed E-state index contributed by atoms with van der Waals surface area (Å²) in [4.78, 5) is 0. The fourth-order valence-electron chi connectivity index (χ4n) is 1.41. The molecule has 1 aromatic rings.